The minimum absolute atomic E-state index is 0.0938. The van der Waals surface area contributed by atoms with Crippen molar-refractivity contribution < 1.29 is 42.7 Å². The van der Waals surface area contributed by atoms with E-state index in [1.807, 2.05) is 90.4 Å². The van der Waals surface area contributed by atoms with Crippen molar-refractivity contribution in [1.82, 2.24) is 34.0 Å². The van der Waals surface area contributed by atoms with Gasteiger partial charge < -0.3 is 42.8 Å². The van der Waals surface area contributed by atoms with Crippen molar-refractivity contribution in [3.05, 3.63) is 200 Å². The number of amides is 2. The van der Waals surface area contributed by atoms with E-state index in [9.17, 15) is 34.3 Å². The highest BCUT2D eigenvalue weighted by molar-refractivity contribution is 6.09. The van der Waals surface area contributed by atoms with Crippen molar-refractivity contribution in [3.8, 4) is 6.07 Å². The van der Waals surface area contributed by atoms with Gasteiger partial charge in [0, 0.05) is 92.3 Å². The maximum Gasteiger partial charge on any atom is 0.438 e. The summed E-state index contributed by atoms with van der Waals surface area (Å²) in [5.74, 6) is 0.250. The number of hydrogen-bond donors (Lipinski definition) is 3. The zero-order chi connectivity index (χ0) is 65.2. The minimum Gasteiger partial charge on any atom is -0.477 e. The van der Waals surface area contributed by atoms with Gasteiger partial charge in [0.25, 0.3) is 11.8 Å². The number of aromatic nitrogens is 7. The molecule has 21 nitrogen and oxygen atoms in total. The fourth-order valence-corrected chi connectivity index (χ4v) is 15.3. The number of carbonyl (C=O) groups is 3. The van der Waals surface area contributed by atoms with Gasteiger partial charge in [-0.3, -0.25) is 28.6 Å². The van der Waals surface area contributed by atoms with Crippen LogP contribution in [-0.2, 0) is 30.8 Å². The summed E-state index contributed by atoms with van der Waals surface area (Å²) in [7, 11) is 3.58. The van der Waals surface area contributed by atoms with Crippen molar-refractivity contribution in [2.45, 2.75) is 113 Å². The van der Waals surface area contributed by atoms with E-state index in [1.165, 1.54) is 16.7 Å². The molecule has 10 aromatic rings. The molecule has 0 spiro atoms. The van der Waals surface area contributed by atoms with Crippen molar-refractivity contribution in [2.24, 2.45) is 17.8 Å². The largest absolute Gasteiger partial charge is 0.477 e. The predicted molar refractivity (Wildman–Crippen MR) is 353 cm³/mol. The summed E-state index contributed by atoms with van der Waals surface area (Å²) in [5, 5.41) is 30.8. The number of H-pyrrole nitrogens is 2. The van der Waals surface area contributed by atoms with Crippen LogP contribution in [0, 0.1) is 29.1 Å². The quantitative estimate of drug-likeness (QED) is 0.0970. The maximum atomic E-state index is 13.9. The van der Waals surface area contributed by atoms with Crippen LogP contribution in [0.4, 0.5) is 11.4 Å². The summed E-state index contributed by atoms with van der Waals surface area (Å²) >= 11 is 0. The van der Waals surface area contributed by atoms with Gasteiger partial charge in [-0.1, -0.05) is 85.7 Å². The number of hydrogen-bond acceptors (Lipinski definition) is 13. The first-order chi connectivity index (χ1) is 45.5. The molecule has 2 amide bonds. The fraction of sp³-hybridized carbons (Fsp3) is 0.397. The fourth-order valence-electron chi connectivity index (χ4n) is 15.3. The van der Waals surface area contributed by atoms with Crippen molar-refractivity contribution in [3.63, 3.8) is 0 Å². The first kappa shape index (κ1) is 61.9. The third-order valence-electron chi connectivity index (χ3n) is 21.0. The van der Waals surface area contributed by atoms with E-state index < -0.39 is 34.1 Å². The van der Waals surface area contributed by atoms with Crippen molar-refractivity contribution in [2.75, 3.05) is 63.5 Å². The maximum absolute atomic E-state index is 13.9. The molecule has 0 radical (unpaired) electrons. The molecule has 6 fully saturated rings. The molecular weight excluding hydrogens is 1190 g/mol. The topological polar surface area (TPSA) is 262 Å². The van der Waals surface area contributed by atoms with Crippen LogP contribution in [0.1, 0.15) is 156 Å². The number of aromatic carboxylic acids is 1. The molecule has 6 atom stereocenters. The van der Waals surface area contributed by atoms with Crippen LogP contribution in [0.5, 0.6) is 0 Å². The number of carbonyl (C=O) groups excluding carboxylic acids is 2. The van der Waals surface area contributed by atoms with Gasteiger partial charge in [0.1, 0.15) is 33.7 Å². The Kier molecular flexibility index (Phi) is 16.3. The molecule has 484 valence electrons. The molecule has 16 rings (SSSR count). The molecule has 5 aromatic carbocycles. The van der Waals surface area contributed by atoms with Crippen molar-refractivity contribution in [1.29, 1.82) is 5.26 Å². The molecule has 6 aliphatic rings. The van der Waals surface area contributed by atoms with Crippen LogP contribution < -0.4 is 21.3 Å². The lowest BCUT2D eigenvalue weighted by molar-refractivity contribution is 0.0682. The van der Waals surface area contributed by atoms with Crippen LogP contribution in [0.2, 0.25) is 0 Å². The third-order valence-corrected chi connectivity index (χ3v) is 21.0. The van der Waals surface area contributed by atoms with Gasteiger partial charge in [-0.2, -0.15) is 5.26 Å². The molecule has 3 N–H and O–H groups in total. The summed E-state index contributed by atoms with van der Waals surface area (Å²) < 4.78 is 32.0. The summed E-state index contributed by atoms with van der Waals surface area (Å²) in [4.78, 5) is 71.7. The second kappa shape index (κ2) is 24.7. The second-order valence-electron chi connectivity index (χ2n) is 26.5. The highest BCUT2D eigenvalue weighted by Gasteiger charge is 2.60. The lowest BCUT2D eigenvalue weighted by Crippen LogP contribution is -2.33. The lowest BCUT2D eigenvalue weighted by Gasteiger charge is -2.24. The van der Waals surface area contributed by atoms with Gasteiger partial charge in [-0.05, 0) is 189 Å². The van der Waals surface area contributed by atoms with Crippen LogP contribution in [0.25, 0.3) is 32.7 Å². The second-order valence-corrected chi connectivity index (χ2v) is 26.5. The zero-order valence-corrected chi connectivity index (χ0v) is 53.4. The minimum atomic E-state index is -1.01. The Balaban J connectivity index is 0.000000123. The molecule has 3 aliphatic carbocycles. The van der Waals surface area contributed by atoms with Crippen LogP contribution in [-0.4, -0.2) is 111 Å². The molecular formula is C73H76N10O11. The first-order valence-electron chi connectivity index (χ1n) is 32.7. The molecule has 8 heterocycles. The number of anilines is 2. The van der Waals surface area contributed by atoms with E-state index >= 15 is 0 Å². The van der Waals surface area contributed by atoms with Gasteiger partial charge in [0.2, 0.25) is 0 Å². The van der Waals surface area contributed by atoms with E-state index in [-0.39, 0.29) is 35.3 Å². The Bertz CT molecular complexity index is 4670. The zero-order valence-electron chi connectivity index (χ0n) is 53.4. The Labute approximate surface area is 541 Å². The Hall–Kier alpha value is -9.62. The van der Waals surface area contributed by atoms with E-state index in [4.69, 9.17) is 23.3 Å². The molecule has 94 heavy (non-hydrogen) atoms. The predicted octanol–water partition coefficient (Wildman–Crippen LogP) is 12.0. The van der Waals surface area contributed by atoms with E-state index in [2.05, 4.69) is 93.3 Å². The van der Waals surface area contributed by atoms with Crippen LogP contribution in [0.15, 0.2) is 152 Å². The summed E-state index contributed by atoms with van der Waals surface area (Å²) in [6.45, 7) is 10.8. The van der Waals surface area contributed by atoms with Gasteiger partial charge in [0.15, 0.2) is 11.6 Å². The average Bonchev–Trinajstić information content (AvgIpc) is 1.56. The number of nitrogens with one attached hydrogen (secondary N) is 2. The number of aromatic amines is 2. The smallest absolute Gasteiger partial charge is 0.438 e. The van der Waals surface area contributed by atoms with Gasteiger partial charge in [-0.25, -0.2) is 14.4 Å². The number of nitriles is 1. The third kappa shape index (κ3) is 10.9. The highest BCUT2D eigenvalue weighted by Crippen LogP contribution is 2.58. The summed E-state index contributed by atoms with van der Waals surface area (Å²) in [5.41, 5.74) is 7.46. The molecule has 3 saturated heterocycles. The molecule has 3 saturated carbocycles. The van der Waals surface area contributed by atoms with E-state index in [0.717, 1.165) is 135 Å². The number of carboxylic acid groups (broad SMARTS) is 1. The Morgan fingerprint density at radius 2 is 0.851 bits per heavy atom. The summed E-state index contributed by atoms with van der Waals surface area (Å²) in [6, 6.07) is 46.5. The normalized spacial score (nSPS) is 23.6. The lowest BCUT2D eigenvalue weighted by atomic mass is 9.91. The Morgan fingerprint density at radius 1 is 0.511 bits per heavy atom. The summed E-state index contributed by atoms with van der Waals surface area (Å²) in [6.07, 6.45) is 8.17. The number of carboxylic acids is 1. The van der Waals surface area contributed by atoms with E-state index in [1.54, 1.807) is 34.5 Å². The first-order valence-corrected chi connectivity index (χ1v) is 32.7. The number of nitrogens with zero attached hydrogens (tertiary/aromatic N) is 8. The van der Waals surface area contributed by atoms with Crippen molar-refractivity contribution >= 4 is 61.9 Å². The number of rotatable bonds is 13. The SMILES string of the molecule is C[C@H]1C[C@]1(C#N)n1c(C(=O)N(C)c2ccccc2)cc2cc(C3CCOCC3)ccc21.C[C@H]1C[C@]1(c1noc(=O)[nH]1)n1c(C(=O)N(C)c2ccccc2)cc2cc(C3CCOCC3)ccc21.C[C@H]1C[C@]1(c1noc(=O)[nH]1)n1c(C(=O)O)cc2cc(C3CCOCC3)ccc21. The molecule has 0 unspecified atom stereocenters. The number of benzene rings is 5. The van der Waals surface area contributed by atoms with Crippen LogP contribution in [0.3, 0.4) is 0 Å². The number of fused-ring (bicyclic) bond motifs is 3. The van der Waals surface area contributed by atoms with E-state index in [0.29, 0.717) is 47.2 Å². The molecule has 3 aliphatic heterocycles. The van der Waals surface area contributed by atoms with Gasteiger partial charge >= 0.3 is 17.5 Å². The van der Waals surface area contributed by atoms with Gasteiger partial charge in [-0.15, -0.1) is 0 Å². The standard InChI is InChI=1S/C27H28N4O4.C26H27N3O2.C20H21N3O5/c1-17-16-27(17,25-28-26(33)35-29-25)31-22-9-8-19(18-10-12-34-13-11-18)14-20(22)15-23(31)24(32)30(2)21-6-4-3-5-7-21;1-18-16-26(18,17-27)29-23-9-8-20(19-10-12-31-13-11-19)14-21(23)15-24(29)25(30)28(2)22-6-4-3-5-7-22;1-11-10-20(11,18-21-19(26)28-22-18)23-15-3-2-13(12-4-6-27-7-5-12)8-14(15)9-16(23)17(24)25/h3-9,14-15,17-18H,10-13,16H2,1-2H3,(H,28,29,33);3-9,14-15,18-19H,10-13,16H2,1-2H3;2-3,8-9,11-12H,4-7,10H2,1H3,(H,24,25)(H,21,22,26)/t17-,27-;18-,26+;11-,20-/m000/s1. The monoisotopic (exact) mass is 1270 g/mol. The van der Waals surface area contributed by atoms with Gasteiger partial charge in [0.05, 0.1) is 11.6 Å². The number of para-hydroxylation sites is 2. The molecule has 0 bridgehead atoms. The highest BCUT2D eigenvalue weighted by atomic mass is 16.5. The Morgan fingerprint density at radius 3 is 1.17 bits per heavy atom. The molecule has 5 aromatic heterocycles. The number of ether oxygens (including phenoxy) is 3. The average molecular weight is 1270 g/mol. The van der Waals surface area contributed by atoms with Crippen LogP contribution >= 0.6 is 0 Å². The molecule has 21 heteroatoms.